The van der Waals surface area contributed by atoms with Gasteiger partial charge in [-0.15, -0.1) is 0 Å². The number of pyridine rings is 1. The molecule has 1 aromatic rings. The van der Waals surface area contributed by atoms with Crippen LogP contribution in [0, 0.1) is 11.2 Å². The summed E-state index contributed by atoms with van der Waals surface area (Å²) in [6, 6.07) is 1.33. The predicted molar refractivity (Wildman–Crippen MR) is 84.3 cm³/mol. The minimum absolute atomic E-state index is 0.0190. The first kappa shape index (κ1) is 17.3. The first-order chi connectivity index (χ1) is 10.7. The first-order valence-corrected chi connectivity index (χ1v) is 8.32. The second-order valence-corrected chi connectivity index (χ2v) is 6.65. The molecule has 0 aliphatic carbocycles. The number of rotatable bonds is 6. The number of halogens is 1. The van der Waals surface area contributed by atoms with Crippen molar-refractivity contribution in [3.8, 4) is 5.75 Å². The molecule has 23 heavy (non-hydrogen) atoms. The lowest BCUT2D eigenvalue weighted by Gasteiger charge is -2.28. The van der Waals surface area contributed by atoms with Crippen LogP contribution in [-0.4, -0.2) is 38.3 Å². The third kappa shape index (κ3) is 4.24. The summed E-state index contributed by atoms with van der Waals surface area (Å²) < 4.78 is 42.3. The lowest BCUT2D eigenvalue weighted by molar-refractivity contribution is 0.136. The van der Waals surface area contributed by atoms with E-state index in [0.717, 1.165) is 6.20 Å². The Labute approximate surface area is 133 Å². The van der Waals surface area contributed by atoms with Gasteiger partial charge in [0.05, 0.1) is 11.9 Å². The molecule has 0 bridgehead atoms. The molecule has 0 aromatic carbocycles. The number of anilines is 1. The van der Waals surface area contributed by atoms with Gasteiger partial charge in [0.15, 0.2) is 11.6 Å². The van der Waals surface area contributed by atoms with Crippen molar-refractivity contribution in [2.24, 2.45) is 5.14 Å². The molecule has 10 heteroatoms. The van der Waals surface area contributed by atoms with Crippen LogP contribution in [0.4, 0.5) is 10.2 Å². The Bertz CT molecular complexity index is 759. The van der Waals surface area contributed by atoms with E-state index in [1.807, 2.05) is 0 Å². The second-order valence-electron chi connectivity index (χ2n) is 5.15. The molecule has 0 saturated carbocycles. The first-order valence-electron chi connectivity index (χ1n) is 6.77. The van der Waals surface area contributed by atoms with Gasteiger partial charge < -0.3 is 20.8 Å². The molecule has 0 amide bonds. The van der Waals surface area contributed by atoms with Crippen molar-refractivity contribution in [3.63, 3.8) is 0 Å². The molecular formula is C13H18FN5O3S. The minimum atomic E-state index is -4.06. The third-order valence-corrected chi connectivity index (χ3v) is 4.32. The molecule has 8 nitrogen and oxygen atoms in total. The highest BCUT2D eigenvalue weighted by molar-refractivity contribution is 7.94. The lowest BCUT2D eigenvalue weighted by atomic mass is 10.2. The number of primary sulfonamides is 1. The lowest BCUT2D eigenvalue weighted by Crippen LogP contribution is -2.50. The zero-order valence-electron chi connectivity index (χ0n) is 12.7. The van der Waals surface area contributed by atoms with Gasteiger partial charge in [0, 0.05) is 24.9 Å². The van der Waals surface area contributed by atoms with Crippen LogP contribution < -0.4 is 20.5 Å². The van der Waals surface area contributed by atoms with Crippen LogP contribution in [0.25, 0.3) is 0 Å². The van der Waals surface area contributed by atoms with Crippen LogP contribution >= 0.6 is 0 Å². The van der Waals surface area contributed by atoms with Crippen molar-refractivity contribution < 1.29 is 17.5 Å². The van der Waals surface area contributed by atoms with Gasteiger partial charge in [0.2, 0.25) is 10.0 Å². The summed E-state index contributed by atoms with van der Waals surface area (Å²) in [7, 11) is -4.06. The van der Waals surface area contributed by atoms with Crippen LogP contribution in [0.2, 0.25) is 0 Å². The van der Waals surface area contributed by atoms with E-state index in [1.165, 1.54) is 19.9 Å². The summed E-state index contributed by atoms with van der Waals surface area (Å²) in [4.78, 5) is 3.49. The Morgan fingerprint density at radius 3 is 2.65 bits per heavy atom. The highest BCUT2D eigenvalue weighted by atomic mass is 32.2. The molecule has 5 N–H and O–H groups in total. The van der Waals surface area contributed by atoms with E-state index >= 15 is 0 Å². The largest absolute Gasteiger partial charge is 0.484 e. The van der Waals surface area contributed by atoms with E-state index in [-0.39, 0.29) is 34.0 Å². The summed E-state index contributed by atoms with van der Waals surface area (Å²) in [5.74, 6) is -0.405. The van der Waals surface area contributed by atoms with E-state index in [4.69, 9.17) is 15.3 Å². The molecule has 126 valence electrons. The molecule has 1 aliphatic heterocycles. The fourth-order valence-electron chi connectivity index (χ4n) is 2.06. The fraction of sp³-hybridized carbons (Fsp3) is 0.385. The summed E-state index contributed by atoms with van der Waals surface area (Å²) in [5.41, 5.74) is -0.0907. The van der Waals surface area contributed by atoms with Crippen molar-refractivity contribution in [2.75, 3.05) is 18.4 Å². The van der Waals surface area contributed by atoms with Gasteiger partial charge in [-0.1, -0.05) is 0 Å². The molecule has 1 aliphatic rings. The Kier molecular flexibility index (Phi) is 4.97. The number of ether oxygens (including phenoxy) is 1. The molecule has 1 fully saturated rings. The van der Waals surface area contributed by atoms with E-state index in [9.17, 15) is 12.8 Å². The maximum absolute atomic E-state index is 13.7. The van der Waals surface area contributed by atoms with Crippen LogP contribution in [-0.2, 0) is 10.0 Å². The Morgan fingerprint density at radius 2 is 2.17 bits per heavy atom. The standard InChI is InChI=1S/C13H18FN5O3S/c1-7(15)13(23(16,20)21)8(2)19-12-3-11(10(14)6-18-12)22-9-4-17-5-9/h3,6,9,15,17H,4-5H2,1-2H3,(H,18,19)(H2,16,20,21)/b13-8+,15-7?. The topological polar surface area (TPSA) is 130 Å². The van der Waals surface area contributed by atoms with E-state index < -0.39 is 15.8 Å². The minimum Gasteiger partial charge on any atom is -0.484 e. The van der Waals surface area contributed by atoms with Gasteiger partial charge in [-0.2, -0.15) is 0 Å². The van der Waals surface area contributed by atoms with E-state index in [1.54, 1.807) is 0 Å². The molecule has 2 rings (SSSR count). The molecular weight excluding hydrogens is 325 g/mol. The monoisotopic (exact) mass is 343 g/mol. The number of allylic oxidation sites excluding steroid dienone is 2. The summed E-state index contributed by atoms with van der Waals surface area (Å²) >= 11 is 0. The zero-order chi connectivity index (χ0) is 17.2. The molecule has 0 unspecified atom stereocenters. The van der Waals surface area contributed by atoms with E-state index in [2.05, 4.69) is 15.6 Å². The van der Waals surface area contributed by atoms with Crippen molar-refractivity contribution in [3.05, 3.63) is 28.7 Å². The zero-order valence-corrected chi connectivity index (χ0v) is 13.5. The molecule has 1 saturated heterocycles. The van der Waals surface area contributed by atoms with Crippen LogP contribution in [0.3, 0.4) is 0 Å². The van der Waals surface area contributed by atoms with Crippen molar-refractivity contribution in [1.82, 2.24) is 10.3 Å². The van der Waals surface area contributed by atoms with Gasteiger partial charge in [-0.05, 0) is 13.8 Å². The highest BCUT2D eigenvalue weighted by Crippen LogP contribution is 2.23. The summed E-state index contributed by atoms with van der Waals surface area (Å²) in [5, 5.41) is 18.4. The number of hydrogen-bond acceptors (Lipinski definition) is 7. The average Bonchev–Trinajstić information content (AvgIpc) is 2.34. The number of nitrogens with zero attached hydrogens (tertiary/aromatic N) is 1. The van der Waals surface area contributed by atoms with Gasteiger partial charge >= 0.3 is 0 Å². The van der Waals surface area contributed by atoms with Gasteiger partial charge in [0.25, 0.3) is 0 Å². The molecule has 0 spiro atoms. The van der Waals surface area contributed by atoms with Crippen molar-refractivity contribution >= 4 is 21.6 Å². The van der Waals surface area contributed by atoms with Crippen LogP contribution in [0.1, 0.15) is 13.8 Å². The smallest absolute Gasteiger partial charge is 0.241 e. The van der Waals surface area contributed by atoms with Crippen LogP contribution in [0.5, 0.6) is 5.75 Å². The average molecular weight is 343 g/mol. The van der Waals surface area contributed by atoms with Gasteiger partial charge in [0.1, 0.15) is 16.8 Å². The summed E-state index contributed by atoms with van der Waals surface area (Å²) in [6.07, 6.45) is 0.866. The van der Waals surface area contributed by atoms with Crippen LogP contribution in [0.15, 0.2) is 22.9 Å². The molecule has 0 atom stereocenters. The maximum Gasteiger partial charge on any atom is 0.241 e. The van der Waals surface area contributed by atoms with E-state index in [0.29, 0.717) is 13.1 Å². The Hall–Kier alpha value is -2.04. The van der Waals surface area contributed by atoms with Gasteiger partial charge in [-0.3, -0.25) is 0 Å². The second kappa shape index (κ2) is 6.60. The highest BCUT2D eigenvalue weighted by Gasteiger charge is 2.21. The number of sulfonamides is 1. The summed E-state index contributed by atoms with van der Waals surface area (Å²) in [6.45, 7) is 4.01. The fourth-order valence-corrected chi connectivity index (χ4v) is 2.97. The molecule has 1 aromatic heterocycles. The number of nitrogens with two attached hydrogens (primary N) is 1. The Balaban J connectivity index is 2.28. The number of hydrogen-bond donors (Lipinski definition) is 4. The predicted octanol–water partition coefficient (Wildman–Crippen LogP) is 0.543. The normalized spacial score (nSPS) is 16.3. The quantitative estimate of drug-likeness (QED) is 0.558. The van der Waals surface area contributed by atoms with Crippen molar-refractivity contribution in [2.45, 2.75) is 20.0 Å². The Morgan fingerprint density at radius 1 is 1.52 bits per heavy atom. The van der Waals surface area contributed by atoms with Crippen molar-refractivity contribution in [1.29, 1.82) is 5.41 Å². The third-order valence-electron chi connectivity index (χ3n) is 3.14. The molecule has 2 heterocycles. The van der Waals surface area contributed by atoms with Gasteiger partial charge in [-0.25, -0.2) is 22.9 Å². The number of nitrogens with one attached hydrogen (secondary N) is 3. The molecule has 0 radical (unpaired) electrons. The SMILES string of the molecule is CC(=N)/C(=C(/C)Nc1cc(OC2CNC2)c(F)cn1)S(N)(=O)=O. The number of aromatic nitrogens is 1. The maximum atomic E-state index is 13.7.